The van der Waals surface area contributed by atoms with Crippen molar-refractivity contribution in [2.45, 2.75) is 59.2 Å². The second-order valence-corrected chi connectivity index (χ2v) is 6.24. The van der Waals surface area contributed by atoms with E-state index in [9.17, 15) is 4.79 Å². The molecule has 1 aliphatic rings. The first-order valence-electron chi connectivity index (χ1n) is 6.65. The SMILES string of the molecule is Cc1c(C(=O)O)noc1[C@H]1CCC[C@@H](C(C)(C)C)O1. The first-order valence-corrected chi connectivity index (χ1v) is 6.65. The summed E-state index contributed by atoms with van der Waals surface area (Å²) in [4.78, 5) is 11.0. The Bertz CT molecular complexity index is 472. The molecule has 0 radical (unpaired) electrons. The van der Waals surface area contributed by atoms with E-state index in [1.807, 2.05) is 0 Å². The third-order valence-electron chi connectivity index (χ3n) is 3.68. The Hall–Kier alpha value is -1.36. The Morgan fingerprint density at radius 1 is 1.37 bits per heavy atom. The second-order valence-electron chi connectivity index (χ2n) is 6.24. The zero-order valence-corrected chi connectivity index (χ0v) is 11.9. The van der Waals surface area contributed by atoms with Crippen LogP contribution in [0.2, 0.25) is 0 Å². The van der Waals surface area contributed by atoms with Crippen LogP contribution in [0.3, 0.4) is 0 Å². The molecule has 0 aliphatic carbocycles. The van der Waals surface area contributed by atoms with Gasteiger partial charge in [-0.15, -0.1) is 0 Å². The van der Waals surface area contributed by atoms with E-state index in [1.54, 1.807) is 6.92 Å². The zero-order chi connectivity index (χ0) is 14.2. The molecule has 1 aromatic heterocycles. The molecule has 2 atom stereocenters. The largest absolute Gasteiger partial charge is 0.476 e. The fourth-order valence-corrected chi connectivity index (χ4v) is 2.50. The molecule has 1 saturated heterocycles. The van der Waals surface area contributed by atoms with Crippen LogP contribution >= 0.6 is 0 Å². The highest BCUT2D eigenvalue weighted by Crippen LogP contribution is 2.39. The second kappa shape index (κ2) is 4.96. The van der Waals surface area contributed by atoms with Gasteiger partial charge >= 0.3 is 5.97 Å². The molecule has 1 fully saturated rings. The van der Waals surface area contributed by atoms with Crippen LogP contribution in [0.1, 0.15) is 67.9 Å². The summed E-state index contributed by atoms with van der Waals surface area (Å²) in [7, 11) is 0. The highest BCUT2D eigenvalue weighted by molar-refractivity contribution is 5.87. The van der Waals surface area contributed by atoms with E-state index in [2.05, 4.69) is 25.9 Å². The minimum atomic E-state index is -1.06. The van der Waals surface area contributed by atoms with Crippen LogP contribution < -0.4 is 0 Å². The topological polar surface area (TPSA) is 72.6 Å². The number of hydrogen-bond donors (Lipinski definition) is 1. The van der Waals surface area contributed by atoms with Crippen LogP contribution in [-0.4, -0.2) is 22.3 Å². The van der Waals surface area contributed by atoms with Gasteiger partial charge in [0.15, 0.2) is 11.5 Å². The molecule has 1 N–H and O–H groups in total. The minimum absolute atomic E-state index is 0.0171. The van der Waals surface area contributed by atoms with E-state index < -0.39 is 5.97 Å². The third-order valence-corrected chi connectivity index (χ3v) is 3.68. The Morgan fingerprint density at radius 3 is 2.58 bits per heavy atom. The summed E-state index contributed by atoms with van der Waals surface area (Å²) in [6.45, 7) is 8.17. The molecule has 5 heteroatoms. The van der Waals surface area contributed by atoms with Crippen LogP contribution in [0.25, 0.3) is 0 Å². The highest BCUT2D eigenvalue weighted by Gasteiger charge is 2.35. The van der Waals surface area contributed by atoms with Gasteiger partial charge < -0.3 is 14.4 Å². The summed E-state index contributed by atoms with van der Waals surface area (Å²) in [6, 6.07) is 0. The first-order chi connectivity index (χ1) is 8.80. The number of hydrogen-bond acceptors (Lipinski definition) is 4. The Labute approximate surface area is 112 Å². The first kappa shape index (κ1) is 14.1. The van der Waals surface area contributed by atoms with E-state index in [1.165, 1.54) is 0 Å². The number of ether oxygens (including phenoxy) is 1. The Balaban J connectivity index is 2.20. The molecule has 2 heterocycles. The monoisotopic (exact) mass is 267 g/mol. The van der Waals surface area contributed by atoms with Crippen LogP contribution in [-0.2, 0) is 4.74 Å². The molecule has 5 nitrogen and oxygen atoms in total. The van der Waals surface area contributed by atoms with Crippen molar-refractivity contribution in [1.29, 1.82) is 0 Å². The molecular formula is C14H21NO4. The summed E-state index contributed by atoms with van der Waals surface area (Å²) >= 11 is 0. The maximum Gasteiger partial charge on any atom is 0.358 e. The third kappa shape index (κ3) is 2.81. The predicted molar refractivity (Wildman–Crippen MR) is 69.1 cm³/mol. The summed E-state index contributed by atoms with van der Waals surface area (Å²) in [5.41, 5.74) is 0.630. The molecule has 0 aromatic carbocycles. The van der Waals surface area contributed by atoms with Gasteiger partial charge in [0, 0.05) is 5.56 Å². The minimum Gasteiger partial charge on any atom is -0.476 e. The summed E-state index contributed by atoms with van der Waals surface area (Å²) in [5.74, 6) is -0.498. The van der Waals surface area contributed by atoms with Gasteiger partial charge in [0.25, 0.3) is 0 Å². The molecule has 0 unspecified atom stereocenters. The van der Waals surface area contributed by atoms with Crippen LogP contribution in [0.4, 0.5) is 0 Å². The number of nitrogens with zero attached hydrogens (tertiary/aromatic N) is 1. The van der Waals surface area contributed by atoms with Gasteiger partial charge in [-0.25, -0.2) is 4.79 Å². The zero-order valence-electron chi connectivity index (χ0n) is 11.9. The fraction of sp³-hybridized carbons (Fsp3) is 0.714. The highest BCUT2D eigenvalue weighted by atomic mass is 16.5. The van der Waals surface area contributed by atoms with Crippen molar-refractivity contribution in [1.82, 2.24) is 5.16 Å². The van der Waals surface area contributed by atoms with Crippen molar-refractivity contribution < 1.29 is 19.2 Å². The van der Waals surface area contributed by atoms with E-state index in [0.717, 1.165) is 19.3 Å². The van der Waals surface area contributed by atoms with Crippen LogP contribution in [0, 0.1) is 12.3 Å². The molecule has 1 aliphatic heterocycles. The maximum absolute atomic E-state index is 11.0. The molecule has 0 spiro atoms. The lowest BCUT2D eigenvalue weighted by Crippen LogP contribution is -2.33. The van der Waals surface area contributed by atoms with Crippen molar-refractivity contribution >= 4 is 5.97 Å². The summed E-state index contributed by atoms with van der Waals surface area (Å²) in [5, 5.41) is 12.6. The lowest BCUT2D eigenvalue weighted by atomic mass is 9.83. The van der Waals surface area contributed by atoms with Crippen molar-refractivity contribution in [3.8, 4) is 0 Å². The smallest absolute Gasteiger partial charge is 0.358 e. The Kier molecular flexibility index (Phi) is 3.67. The van der Waals surface area contributed by atoms with Gasteiger partial charge in [-0.2, -0.15) is 0 Å². The van der Waals surface area contributed by atoms with E-state index in [0.29, 0.717) is 11.3 Å². The number of carboxylic acid groups (broad SMARTS) is 1. The van der Waals surface area contributed by atoms with E-state index in [4.69, 9.17) is 14.4 Å². The standard InChI is InChI=1S/C14H21NO4/c1-8-11(13(16)17)15-19-12(8)9-6-5-7-10(18-9)14(2,3)4/h9-10H,5-7H2,1-4H3,(H,16,17)/t9-,10+/m1/s1. The van der Waals surface area contributed by atoms with E-state index >= 15 is 0 Å². The lowest BCUT2D eigenvalue weighted by molar-refractivity contribution is -0.109. The lowest BCUT2D eigenvalue weighted by Gasteiger charge is -2.37. The number of aromatic nitrogens is 1. The quantitative estimate of drug-likeness (QED) is 0.889. The molecule has 0 bridgehead atoms. The average molecular weight is 267 g/mol. The van der Waals surface area contributed by atoms with E-state index in [-0.39, 0.29) is 23.3 Å². The van der Waals surface area contributed by atoms with Gasteiger partial charge in [-0.3, -0.25) is 0 Å². The van der Waals surface area contributed by atoms with Gasteiger partial charge in [-0.1, -0.05) is 25.9 Å². The normalized spacial score (nSPS) is 24.4. The van der Waals surface area contributed by atoms with Crippen molar-refractivity contribution in [3.63, 3.8) is 0 Å². The number of aromatic carboxylic acids is 1. The molecule has 106 valence electrons. The van der Waals surface area contributed by atoms with Crippen molar-refractivity contribution in [2.75, 3.05) is 0 Å². The number of rotatable bonds is 2. The number of carbonyl (C=O) groups is 1. The fourth-order valence-electron chi connectivity index (χ4n) is 2.50. The summed E-state index contributed by atoms with van der Waals surface area (Å²) in [6.07, 6.45) is 2.90. The van der Waals surface area contributed by atoms with Crippen molar-refractivity contribution in [2.24, 2.45) is 5.41 Å². The molecular weight excluding hydrogens is 246 g/mol. The van der Waals surface area contributed by atoms with Crippen molar-refractivity contribution in [3.05, 3.63) is 17.0 Å². The molecule has 2 rings (SSSR count). The average Bonchev–Trinajstić information content (AvgIpc) is 2.70. The van der Waals surface area contributed by atoms with Gasteiger partial charge in [0.1, 0.15) is 6.10 Å². The van der Waals surface area contributed by atoms with Crippen LogP contribution in [0.15, 0.2) is 4.52 Å². The molecule has 0 saturated carbocycles. The summed E-state index contributed by atoms with van der Waals surface area (Å²) < 4.78 is 11.3. The van der Waals surface area contributed by atoms with Gasteiger partial charge in [0.05, 0.1) is 6.10 Å². The maximum atomic E-state index is 11.0. The molecule has 0 amide bonds. The van der Waals surface area contributed by atoms with Gasteiger partial charge in [0.2, 0.25) is 0 Å². The Morgan fingerprint density at radius 2 is 2.05 bits per heavy atom. The molecule has 19 heavy (non-hydrogen) atoms. The number of carboxylic acids is 1. The van der Waals surface area contributed by atoms with Crippen LogP contribution in [0.5, 0.6) is 0 Å². The molecule has 1 aromatic rings. The van der Waals surface area contributed by atoms with Gasteiger partial charge in [-0.05, 0) is 31.6 Å². The predicted octanol–water partition coefficient (Wildman–Crippen LogP) is 3.34.